The largest absolute Gasteiger partial charge is 0.372 e. The van der Waals surface area contributed by atoms with E-state index in [4.69, 9.17) is 23.2 Å². The molecule has 0 radical (unpaired) electrons. The molecule has 6 heteroatoms. The summed E-state index contributed by atoms with van der Waals surface area (Å²) in [6.07, 6.45) is 5.23. The third-order valence-corrected chi connectivity index (χ3v) is 6.50. The van der Waals surface area contributed by atoms with Gasteiger partial charge in [-0.25, -0.2) is 0 Å². The van der Waals surface area contributed by atoms with Gasteiger partial charge in [-0.1, -0.05) is 47.5 Å². The first kappa shape index (κ1) is 17.4. The Bertz CT molecular complexity index is 955. The van der Waals surface area contributed by atoms with Crippen LogP contribution in [0.25, 0.3) is 0 Å². The monoisotopic (exact) mass is 388 g/mol. The molecule has 3 atom stereocenters. The molecule has 0 spiro atoms. The highest BCUT2D eigenvalue weighted by Crippen LogP contribution is 2.54. The Morgan fingerprint density at radius 2 is 2.04 bits per heavy atom. The zero-order chi connectivity index (χ0) is 18.6. The van der Waals surface area contributed by atoms with Crippen molar-refractivity contribution in [2.75, 3.05) is 5.32 Å². The zero-order valence-electron chi connectivity index (χ0n) is 14.4. The summed E-state index contributed by atoms with van der Waals surface area (Å²) in [5.74, 6) is 0.378. The first-order valence-corrected chi connectivity index (χ1v) is 9.31. The Labute approximate surface area is 162 Å². The molecule has 2 aliphatic rings. The molecule has 26 heavy (non-hydrogen) atoms. The second-order valence-corrected chi connectivity index (χ2v) is 7.79. The van der Waals surface area contributed by atoms with E-state index >= 15 is 0 Å². The Morgan fingerprint density at radius 3 is 2.77 bits per heavy atom. The van der Waals surface area contributed by atoms with Gasteiger partial charge in [-0.2, -0.15) is 0 Å². The highest BCUT2D eigenvalue weighted by Gasteiger charge is 2.42. The highest BCUT2D eigenvalue weighted by molar-refractivity contribution is 6.42. The van der Waals surface area contributed by atoms with Crippen LogP contribution in [0.15, 0.2) is 36.4 Å². The van der Waals surface area contributed by atoms with E-state index in [1.165, 1.54) is 0 Å². The van der Waals surface area contributed by atoms with E-state index in [2.05, 4.69) is 17.5 Å². The van der Waals surface area contributed by atoms with Crippen LogP contribution >= 0.6 is 23.2 Å². The summed E-state index contributed by atoms with van der Waals surface area (Å²) in [6, 6.07) is 7.09. The first-order chi connectivity index (χ1) is 12.4. The topological polar surface area (TPSA) is 55.2 Å². The maximum atomic E-state index is 11.7. The molecule has 1 aliphatic carbocycles. The number of allylic oxidation sites excluding steroid dienone is 2. The zero-order valence-corrected chi connectivity index (χ0v) is 15.9. The molecule has 1 aliphatic heterocycles. The molecule has 0 saturated heterocycles. The van der Waals surface area contributed by atoms with Crippen LogP contribution in [-0.4, -0.2) is 4.92 Å². The SMILES string of the molecule is Cc1cc([N+](=O)[O-])c2c(c1C)[C@@H]1C=CC[C@@H]1[C@@H](c1cccc(Cl)c1Cl)N2. The lowest BCUT2D eigenvalue weighted by Crippen LogP contribution is -2.30. The van der Waals surface area contributed by atoms with Crippen LogP contribution in [0.1, 0.15) is 40.6 Å². The molecule has 4 rings (SSSR count). The van der Waals surface area contributed by atoms with Gasteiger partial charge in [0.25, 0.3) is 5.69 Å². The molecular weight excluding hydrogens is 371 g/mol. The van der Waals surface area contributed by atoms with E-state index in [1.807, 2.05) is 26.0 Å². The number of benzene rings is 2. The fourth-order valence-electron chi connectivity index (χ4n) is 4.29. The van der Waals surface area contributed by atoms with E-state index in [1.54, 1.807) is 12.1 Å². The first-order valence-electron chi connectivity index (χ1n) is 8.55. The van der Waals surface area contributed by atoms with E-state index in [0.29, 0.717) is 15.7 Å². The Kier molecular flexibility index (Phi) is 4.20. The maximum absolute atomic E-state index is 11.7. The third-order valence-electron chi connectivity index (χ3n) is 5.66. The predicted octanol–water partition coefficient (Wildman–Crippen LogP) is 6.34. The summed E-state index contributed by atoms with van der Waals surface area (Å²) >= 11 is 12.7. The van der Waals surface area contributed by atoms with Gasteiger partial charge in [-0.15, -0.1) is 0 Å². The van der Waals surface area contributed by atoms with Gasteiger partial charge in [0.2, 0.25) is 0 Å². The van der Waals surface area contributed by atoms with Crippen molar-refractivity contribution in [2.45, 2.75) is 32.2 Å². The third kappa shape index (κ3) is 2.51. The summed E-state index contributed by atoms with van der Waals surface area (Å²) in [4.78, 5) is 11.4. The normalized spacial score (nSPS) is 23.3. The number of nitro groups is 1. The second-order valence-electron chi connectivity index (χ2n) is 7.00. The fourth-order valence-corrected chi connectivity index (χ4v) is 4.72. The van der Waals surface area contributed by atoms with E-state index < -0.39 is 0 Å². The van der Waals surface area contributed by atoms with Gasteiger partial charge in [-0.3, -0.25) is 10.1 Å². The fraction of sp³-hybridized carbons (Fsp3) is 0.300. The lowest BCUT2D eigenvalue weighted by molar-refractivity contribution is -0.384. The quantitative estimate of drug-likeness (QED) is 0.370. The van der Waals surface area contributed by atoms with Gasteiger partial charge in [-0.05, 0) is 54.5 Å². The molecule has 0 unspecified atom stereocenters. The molecule has 0 aromatic heterocycles. The molecule has 4 nitrogen and oxygen atoms in total. The number of nitro benzene ring substituents is 1. The highest BCUT2D eigenvalue weighted by atomic mass is 35.5. The predicted molar refractivity (Wildman–Crippen MR) is 105 cm³/mol. The summed E-state index contributed by atoms with van der Waals surface area (Å²) in [5, 5.41) is 16.1. The summed E-state index contributed by atoms with van der Waals surface area (Å²) in [5.41, 5.74) is 4.68. The van der Waals surface area contributed by atoms with Crippen LogP contribution in [0.2, 0.25) is 10.0 Å². The van der Waals surface area contributed by atoms with E-state index in [9.17, 15) is 10.1 Å². The molecule has 1 heterocycles. The van der Waals surface area contributed by atoms with Gasteiger partial charge in [0, 0.05) is 12.0 Å². The molecule has 0 saturated carbocycles. The van der Waals surface area contributed by atoms with Crippen LogP contribution in [0.3, 0.4) is 0 Å². The van der Waals surface area contributed by atoms with Crippen molar-refractivity contribution in [3.8, 4) is 0 Å². The summed E-state index contributed by atoms with van der Waals surface area (Å²) in [7, 11) is 0. The summed E-state index contributed by atoms with van der Waals surface area (Å²) in [6.45, 7) is 3.96. The van der Waals surface area contributed by atoms with Gasteiger partial charge < -0.3 is 5.32 Å². The second kappa shape index (κ2) is 6.29. The average molecular weight is 389 g/mol. The lowest BCUT2D eigenvalue weighted by atomic mass is 9.74. The Morgan fingerprint density at radius 1 is 1.27 bits per heavy atom. The number of nitrogens with zero attached hydrogens (tertiary/aromatic N) is 1. The molecule has 0 amide bonds. The molecule has 134 valence electrons. The molecule has 0 fully saturated rings. The van der Waals surface area contributed by atoms with E-state index in [-0.39, 0.29) is 28.5 Å². The summed E-state index contributed by atoms with van der Waals surface area (Å²) < 4.78 is 0. The minimum atomic E-state index is -0.312. The molecule has 2 aromatic carbocycles. The van der Waals surface area contributed by atoms with Crippen LogP contribution in [0.4, 0.5) is 11.4 Å². The van der Waals surface area contributed by atoms with Crippen molar-refractivity contribution >= 4 is 34.6 Å². The molecular formula is C20H18Cl2N2O2. The minimum absolute atomic E-state index is 0.116. The number of fused-ring (bicyclic) bond motifs is 3. The number of nitrogens with one attached hydrogen (secondary N) is 1. The number of hydrogen-bond donors (Lipinski definition) is 1. The molecule has 1 N–H and O–H groups in total. The minimum Gasteiger partial charge on any atom is -0.372 e. The number of hydrogen-bond acceptors (Lipinski definition) is 3. The standard InChI is InChI=1S/C20H18Cl2N2O2/c1-10-9-16(24(25)26)20-17(11(10)2)12-5-3-6-13(12)19(23-20)14-7-4-8-15(21)18(14)22/h3-5,7-9,12-13,19,23H,6H2,1-2H3/t12-,13+,19+/m1/s1. The van der Waals surface area contributed by atoms with Crippen molar-refractivity contribution in [2.24, 2.45) is 5.92 Å². The van der Waals surface area contributed by atoms with Crippen molar-refractivity contribution < 1.29 is 4.92 Å². The molecule has 0 bridgehead atoms. The van der Waals surface area contributed by atoms with Crippen LogP contribution < -0.4 is 5.32 Å². The maximum Gasteiger partial charge on any atom is 0.292 e. The average Bonchev–Trinajstić information content (AvgIpc) is 3.09. The van der Waals surface area contributed by atoms with Crippen LogP contribution in [0.5, 0.6) is 0 Å². The Balaban J connectivity index is 1.94. The number of rotatable bonds is 2. The van der Waals surface area contributed by atoms with Crippen molar-refractivity contribution in [3.63, 3.8) is 0 Å². The molecule has 2 aromatic rings. The van der Waals surface area contributed by atoms with Gasteiger partial charge in [0.1, 0.15) is 5.69 Å². The van der Waals surface area contributed by atoms with Crippen LogP contribution in [0, 0.1) is 29.9 Å². The van der Waals surface area contributed by atoms with Gasteiger partial charge in [0.05, 0.1) is 21.0 Å². The van der Waals surface area contributed by atoms with Crippen molar-refractivity contribution in [3.05, 3.63) is 78.8 Å². The van der Waals surface area contributed by atoms with Gasteiger partial charge >= 0.3 is 0 Å². The number of anilines is 1. The van der Waals surface area contributed by atoms with Crippen molar-refractivity contribution in [1.82, 2.24) is 0 Å². The van der Waals surface area contributed by atoms with E-state index in [0.717, 1.165) is 28.7 Å². The Hall–Kier alpha value is -2.04. The number of aryl methyl sites for hydroxylation is 1. The van der Waals surface area contributed by atoms with Gasteiger partial charge in [0.15, 0.2) is 0 Å². The van der Waals surface area contributed by atoms with Crippen LogP contribution in [-0.2, 0) is 0 Å². The number of halogens is 2. The smallest absolute Gasteiger partial charge is 0.292 e. The lowest BCUT2D eigenvalue weighted by Gasteiger charge is -2.38. The van der Waals surface area contributed by atoms with Crippen molar-refractivity contribution in [1.29, 1.82) is 0 Å².